The molecule has 0 radical (unpaired) electrons. The van der Waals surface area contributed by atoms with E-state index in [1.807, 2.05) is 0 Å². The summed E-state index contributed by atoms with van der Waals surface area (Å²) >= 11 is 0. The molecule has 2 aliphatic rings. The summed E-state index contributed by atoms with van der Waals surface area (Å²) in [4.78, 5) is 11.7. The molecule has 0 aromatic heterocycles. The zero-order valence-electron chi connectivity index (χ0n) is 10.4. The largest absolute Gasteiger partial charge is 0.381 e. The van der Waals surface area contributed by atoms with Gasteiger partial charge in [0.05, 0.1) is 0 Å². The third-order valence-electron chi connectivity index (χ3n) is 4.09. The number of ether oxygens (including phenoxy) is 1. The van der Waals surface area contributed by atoms with Crippen molar-refractivity contribution in [2.24, 2.45) is 11.3 Å². The monoisotopic (exact) mass is 225 g/mol. The van der Waals surface area contributed by atoms with Gasteiger partial charge in [-0.2, -0.15) is 0 Å². The summed E-state index contributed by atoms with van der Waals surface area (Å²) in [5.74, 6) is 0.677. The second kappa shape index (κ2) is 4.74. The zero-order chi connectivity index (χ0) is 11.6. The fourth-order valence-electron chi connectivity index (χ4n) is 2.92. The van der Waals surface area contributed by atoms with Crippen LogP contribution in [0.3, 0.4) is 0 Å². The van der Waals surface area contributed by atoms with Crippen molar-refractivity contribution in [3.8, 4) is 0 Å². The van der Waals surface area contributed by atoms with Crippen LogP contribution in [0.4, 0.5) is 0 Å². The highest BCUT2D eigenvalue weighted by atomic mass is 16.5. The predicted octanol–water partition coefficient (Wildman–Crippen LogP) is 2.11. The van der Waals surface area contributed by atoms with Crippen molar-refractivity contribution >= 4 is 5.91 Å². The Labute approximate surface area is 97.9 Å². The normalized spacial score (nSPS) is 27.8. The molecule has 1 aliphatic heterocycles. The molecule has 1 heterocycles. The molecule has 1 spiro atoms. The van der Waals surface area contributed by atoms with Crippen LogP contribution < -0.4 is 5.32 Å². The lowest BCUT2D eigenvalue weighted by molar-refractivity contribution is -0.127. The molecule has 1 N–H and O–H groups in total. The van der Waals surface area contributed by atoms with Gasteiger partial charge in [0, 0.05) is 25.7 Å². The number of nitrogens with one attached hydrogen (secondary N) is 1. The third-order valence-corrected chi connectivity index (χ3v) is 4.09. The summed E-state index contributed by atoms with van der Waals surface area (Å²) in [6, 6.07) is 0.419. The molecule has 1 unspecified atom stereocenters. The van der Waals surface area contributed by atoms with Crippen LogP contribution in [0.1, 0.15) is 46.0 Å². The Hall–Kier alpha value is -0.570. The van der Waals surface area contributed by atoms with Gasteiger partial charge in [0.25, 0.3) is 0 Å². The van der Waals surface area contributed by atoms with Crippen LogP contribution in [-0.4, -0.2) is 25.2 Å². The molecule has 92 valence electrons. The molecule has 1 amide bonds. The van der Waals surface area contributed by atoms with Gasteiger partial charge in [0.15, 0.2) is 0 Å². The van der Waals surface area contributed by atoms with E-state index in [2.05, 4.69) is 19.2 Å². The van der Waals surface area contributed by atoms with Crippen molar-refractivity contribution in [2.75, 3.05) is 13.2 Å². The van der Waals surface area contributed by atoms with E-state index in [1.54, 1.807) is 0 Å². The SMILES string of the molecule is CC(C)CC(=O)NC1CCC12CCOCC2. The number of hydrogen-bond acceptors (Lipinski definition) is 2. The fraction of sp³-hybridized carbons (Fsp3) is 0.923. The third kappa shape index (κ3) is 2.40. The molecule has 1 atom stereocenters. The number of amides is 1. The average Bonchev–Trinajstić information content (AvgIpc) is 2.25. The van der Waals surface area contributed by atoms with Crippen LogP contribution in [0.25, 0.3) is 0 Å². The lowest BCUT2D eigenvalue weighted by atomic mass is 9.60. The number of hydrogen-bond donors (Lipinski definition) is 1. The maximum Gasteiger partial charge on any atom is 0.220 e. The van der Waals surface area contributed by atoms with E-state index in [0.29, 0.717) is 23.8 Å². The highest BCUT2D eigenvalue weighted by Gasteiger charge is 2.47. The van der Waals surface area contributed by atoms with Gasteiger partial charge in [-0.1, -0.05) is 13.8 Å². The summed E-state index contributed by atoms with van der Waals surface area (Å²) < 4.78 is 5.41. The van der Waals surface area contributed by atoms with E-state index >= 15 is 0 Å². The minimum Gasteiger partial charge on any atom is -0.381 e. The molecule has 1 saturated heterocycles. The molecular formula is C13H23NO2. The number of carbonyl (C=O) groups excluding carboxylic acids is 1. The highest BCUT2D eigenvalue weighted by molar-refractivity contribution is 5.76. The van der Waals surface area contributed by atoms with Crippen molar-refractivity contribution in [2.45, 2.75) is 52.0 Å². The van der Waals surface area contributed by atoms with E-state index in [4.69, 9.17) is 4.74 Å². The zero-order valence-corrected chi connectivity index (χ0v) is 10.4. The van der Waals surface area contributed by atoms with E-state index in [9.17, 15) is 4.79 Å². The lowest BCUT2D eigenvalue weighted by Gasteiger charge is -2.52. The maximum absolute atomic E-state index is 11.7. The highest BCUT2D eigenvalue weighted by Crippen LogP contribution is 2.48. The molecular weight excluding hydrogens is 202 g/mol. The van der Waals surface area contributed by atoms with Crippen molar-refractivity contribution in [1.82, 2.24) is 5.32 Å². The van der Waals surface area contributed by atoms with Gasteiger partial charge in [-0.05, 0) is 37.0 Å². The molecule has 2 rings (SSSR count). The first kappa shape index (κ1) is 11.9. The average molecular weight is 225 g/mol. The molecule has 3 heteroatoms. The van der Waals surface area contributed by atoms with Gasteiger partial charge in [0.2, 0.25) is 5.91 Å². The van der Waals surface area contributed by atoms with Crippen LogP contribution in [0.15, 0.2) is 0 Å². The van der Waals surface area contributed by atoms with Crippen LogP contribution >= 0.6 is 0 Å². The predicted molar refractivity (Wildman–Crippen MR) is 63.1 cm³/mol. The van der Waals surface area contributed by atoms with Crippen LogP contribution in [0.5, 0.6) is 0 Å². The molecule has 16 heavy (non-hydrogen) atoms. The second-order valence-electron chi connectivity index (χ2n) is 5.73. The summed E-state index contributed by atoms with van der Waals surface area (Å²) in [5.41, 5.74) is 0.380. The van der Waals surface area contributed by atoms with Crippen molar-refractivity contribution < 1.29 is 9.53 Å². The van der Waals surface area contributed by atoms with Gasteiger partial charge in [0.1, 0.15) is 0 Å². The number of carbonyl (C=O) groups is 1. The van der Waals surface area contributed by atoms with E-state index in [0.717, 1.165) is 32.5 Å². The Bertz CT molecular complexity index is 257. The molecule has 0 aromatic rings. The van der Waals surface area contributed by atoms with Crippen LogP contribution in [-0.2, 0) is 9.53 Å². The minimum atomic E-state index is 0.227. The van der Waals surface area contributed by atoms with Crippen molar-refractivity contribution in [3.05, 3.63) is 0 Å². The summed E-state index contributed by atoms with van der Waals surface area (Å²) in [6.45, 7) is 5.92. The fourth-order valence-corrected chi connectivity index (χ4v) is 2.92. The summed E-state index contributed by atoms with van der Waals surface area (Å²) in [7, 11) is 0. The summed E-state index contributed by atoms with van der Waals surface area (Å²) in [5, 5.41) is 3.21. The first-order valence-corrected chi connectivity index (χ1v) is 6.49. The van der Waals surface area contributed by atoms with E-state index in [1.165, 1.54) is 6.42 Å². The summed E-state index contributed by atoms with van der Waals surface area (Å²) in [6.07, 6.45) is 5.33. The Kier molecular flexibility index (Phi) is 3.53. The van der Waals surface area contributed by atoms with Crippen LogP contribution in [0, 0.1) is 11.3 Å². The van der Waals surface area contributed by atoms with Gasteiger partial charge in [-0.15, -0.1) is 0 Å². The lowest BCUT2D eigenvalue weighted by Crippen LogP contribution is -2.57. The standard InChI is InChI=1S/C13H23NO2/c1-10(2)9-12(15)14-11-3-4-13(11)5-7-16-8-6-13/h10-11H,3-9H2,1-2H3,(H,14,15). The Morgan fingerprint density at radius 2 is 2.06 bits per heavy atom. The smallest absolute Gasteiger partial charge is 0.220 e. The van der Waals surface area contributed by atoms with Crippen molar-refractivity contribution in [1.29, 1.82) is 0 Å². The first-order valence-electron chi connectivity index (χ1n) is 6.49. The van der Waals surface area contributed by atoms with Gasteiger partial charge >= 0.3 is 0 Å². The second-order valence-corrected chi connectivity index (χ2v) is 5.73. The Balaban J connectivity index is 1.83. The Morgan fingerprint density at radius 1 is 1.38 bits per heavy atom. The number of rotatable bonds is 3. The molecule has 2 fully saturated rings. The first-order chi connectivity index (χ1) is 7.62. The van der Waals surface area contributed by atoms with Gasteiger partial charge in [-0.25, -0.2) is 0 Å². The van der Waals surface area contributed by atoms with Gasteiger partial charge < -0.3 is 10.1 Å². The van der Waals surface area contributed by atoms with Crippen LogP contribution in [0.2, 0.25) is 0 Å². The molecule has 1 aliphatic carbocycles. The van der Waals surface area contributed by atoms with Gasteiger partial charge in [-0.3, -0.25) is 4.79 Å². The molecule has 0 bridgehead atoms. The van der Waals surface area contributed by atoms with E-state index in [-0.39, 0.29) is 5.91 Å². The molecule has 0 aromatic carbocycles. The Morgan fingerprint density at radius 3 is 2.56 bits per heavy atom. The topological polar surface area (TPSA) is 38.3 Å². The maximum atomic E-state index is 11.7. The van der Waals surface area contributed by atoms with Crippen molar-refractivity contribution in [3.63, 3.8) is 0 Å². The minimum absolute atomic E-state index is 0.227. The van der Waals surface area contributed by atoms with E-state index < -0.39 is 0 Å². The molecule has 3 nitrogen and oxygen atoms in total. The molecule has 1 saturated carbocycles. The quantitative estimate of drug-likeness (QED) is 0.799.